The molecule has 3 nitrogen and oxygen atoms in total. The van der Waals surface area contributed by atoms with E-state index >= 15 is 0 Å². The Bertz CT molecular complexity index is 368. The molecule has 4 heteroatoms. The lowest BCUT2D eigenvalue weighted by molar-refractivity contribution is 0.396. The Kier molecular flexibility index (Phi) is 4.24. The summed E-state index contributed by atoms with van der Waals surface area (Å²) in [6.45, 7) is 0.545. The molecule has 1 heterocycles. The largest absolute Gasteiger partial charge is 0.480 e. The third-order valence-corrected chi connectivity index (χ3v) is 1.71. The summed E-state index contributed by atoms with van der Waals surface area (Å²) in [5.74, 6) is 6.29. The Hall–Kier alpha value is -1.24. The van der Waals surface area contributed by atoms with Gasteiger partial charge in [0.05, 0.1) is 17.7 Å². The van der Waals surface area contributed by atoms with Gasteiger partial charge in [-0.05, 0) is 6.07 Å². The standard InChI is InChI=1S/C10H11ClN2O/c1-14-10-8(4-2-3-5-12)6-9(11)7-13-10/h6-7H,3,5,12H2,1H3. The summed E-state index contributed by atoms with van der Waals surface area (Å²) in [6, 6.07) is 1.72. The molecule has 74 valence electrons. The minimum Gasteiger partial charge on any atom is -0.480 e. The van der Waals surface area contributed by atoms with E-state index in [0.29, 0.717) is 29.4 Å². The molecule has 0 spiro atoms. The van der Waals surface area contributed by atoms with Crippen molar-refractivity contribution in [3.05, 3.63) is 22.8 Å². The van der Waals surface area contributed by atoms with Crippen molar-refractivity contribution in [2.75, 3.05) is 13.7 Å². The van der Waals surface area contributed by atoms with Gasteiger partial charge in [-0.15, -0.1) is 0 Å². The van der Waals surface area contributed by atoms with Crippen LogP contribution < -0.4 is 10.5 Å². The number of pyridine rings is 1. The monoisotopic (exact) mass is 210 g/mol. The second-order valence-electron chi connectivity index (χ2n) is 2.55. The number of halogens is 1. The molecule has 0 radical (unpaired) electrons. The summed E-state index contributed by atoms with van der Waals surface area (Å²) in [5, 5.41) is 0.544. The van der Waals surface area contributed by atoms with Gasteiger partial charge in [0.2, 0.25) is 5.88 Å². The fourth-order valence-corrected chi connectivity index (χ4v) is 1.07. The van der Waals surface area contributed by atoms with Crippen molar-refractivity contribution in [1.82, 2.24) is 4.98 Å². The minimum atomic E-state index is 0.485. The fourth-order valence-electron chi connectivity index (χ4n) is 0.909. The third-order valence-electron chi connectivity index (χ3n) is 1.50. The highest BCUT2D eigenvalue weighted by atomic mass is 35.5. The van der Waals surface area contributed by atoms with Crippen LogP contribution in [0.2, 0.25) is 5.02 Å². The van der Waals surface area contributed by atoms with E-state index in [9.17, 15) is 0 Å². The average Bonchev–Trinajstić information content (AvgIpc) is 2.19. The van der Waals surface area contributed by atoms with Gasteiger partial charge in [0.1, 0.15) is 0 Å². The molecular formula is C10H11ClN2O. The molecule has 0 saturated heterocycles. The van der Waals surface area contributed by atoms with Crippen molar-refractivity contribution in [2.45, 2.75) is 6.42 Å². The zero-order valence-corrected chi connectivity index (χ0v) is 8.64. The molecule has 0 saturated carbocycles. The van der Waals surface area contributed by atoms with Crippen LogP contribution in [0.3, 0.4) is 0 Å². The Balaban J connectivity index is 2.94. The first-order valence-corrected chi connectivity index (χ1v) is 4.54. The van der Waals surface area contributed by atoms with Gasteiger partial charge in [-0.3, -0.25) is 0 Å². The van der Waals surface area contributed by atoms with Crippen LogP contribution in [0, 0.1) is 11.8 Å². The molecule has 2 N–H and O–H groups in total. The van der Waals surface area contributed by atoms with Gasteiger partial charge in [0, 0.05) is 19.2 Å². The molecule has 0 aliphatic rings. The van der Waals surface area contributed by atoms with Crippen LogP contribution in [0.4, 0.5) is 0 Å². The summed E-state index contributed by atoms with van der Waals surface area (Å²) in [7, 11) is 1.55. The predicted molar refractivity (Wildman–Crippen MR) is 56.3 cm³/mol. The molecule has 0 fully saturated rings. The van der Waals surface area contributed by atoms with Gasteiger partial charge in [-0.1, -0.05) is 23.4 Å². The maximum atomic E-state index is 5.78. The molecule has 0 aromatic carbocycles. The molecule has 0 aliphatic heterocycles. The number of ether oxygens (including phenoxy) is 1. The van der Waals surface area contributed by atoms with Crippen LogP contribution in [-0.4, -0.2) is 18.6 Å². The summed E-state index contributed by atoms with van der Waals surface area (Å²) in [4.78, 5) is 3.99. The van der Waals surface area contributed by atoms with Crippen LogP contribution in [0.15, 0.2) is 12.3 Å². The summed E-state index contributed by atoms with van der Waals surface area (Å²) < 4.78 is 5.03. The Morgan fingerprint density at radius 1 is 1.64 bits per heavy atom. The van der Waals surface area contributed by atoms with Crippen molar-refractivity contribution in [3.63, 3.8) is 0 Å². The Morgan fingerprint density at radius 3 is 3.07 bits per heavy atom. The van der Waals surface area contributed by atoms with E-state index in [1.165, 1.54) is 6.20 Å². The molecule has 1 aromatic heterocycles. The topological polar surface area (TPSA) is 48.1 Å². The first kappa shape index (κ1) is 10.8. The van der Waals surface area contributed by atoms with E-state index in [2.05, 4.69) is 16.8 Å². The molecule has 14 heavy (non-hydrogen) atoms. The molecule has 0 atom stereocenters. The van der Waals surface area contributed by atoms with Crippen molar-refractivity contribution < 1.29 is 4.74 Å². The lowest BCUT2D eigenvalue weighted by atomic mass is 10.2. The zero-order valence-electron chi connectivity index (χ0n) is 7.88. The van der Waals surface area contributed by atoms with E-state index in [1.54, 1.807) is 13.2 Å². The first-order valence-electron chi connectivity index (χ1n) is 4.16. The fraction of sp³-hybridized carbons (Fsp3) is 0.300. The molecule has 0 bridgehead atoms. The normalized spacial score (nSPS) is 9.07. The van der Waals surface area contributed by atoms with E-state index in [1.807, 2.05) is 0 Å². The average molecular weight is 211 g/mol. The first-order chi connectivity index (χ1) is 6.77. The van der Waals surface area contributed by atoms with Crippen molar-refractivity contribution in [1.29, 1.82) is 0 Å². The Morgan fingerprint density at radius 2 is 2.43 bits per heavy atom. The molecule has 0 amide bonds. The minimum absolute atomic E-state index is 0.485. The zero-order chi connectivity index (χ0) is 10.4. The maximum Gasteiger partial charge on any atom is 0.229 e. The van der Waals surface area contributed by atoms with E-state index in [-0.39, 0.29) is 0 Å². The lowest BCUT2D eigenvalue weighted by Gasteiger charge is -2.00. The SMILES string of the molecule is COc1ncc(Cl)cc1C#CCCN. The number of hydrogen-bond acceptors (Lipinski definition) is 3. The van der Waals surface area contributed by atoms with Crippen LogP contribution >= 0.6 is 11.6 Å². The highest BCUT2D eigenvalue weighted by molar-refractivity contribution is 6.30. The highest BCUT2D eigenvalue weighted by Crippen LogP contribution is 2.17. The van der Waals surface area contributed by atoms with Gasteiger partial charge in [0.25, 0.3) is 0 Å². The van der Waals surface area contributed by atoms with Crippen molar-refractivity contribution in [3.8, 4) is 17.7 Å². The molecule has 0 aliphatic carbocycles. The summed E-state index contributed by atoms with van der Waals surface area (Å²) >= 11 is 5.78. The van der Waals surface area contributed by atoms with E-state index < -0.39 is 0 Å². The van der Waals surface area contributed by atoms with Crippen LogP contribution in [0.5, 0.6) is 5.88 Å². The molecule has 1 aromatic rings. The summed E-state index contributed by atoms with van der Waals surface area (Å²) in [6.07, 6.45) is 2.17. The summed E-state index contributed by atoms with van der Waals surface area (Å²) in [5.41, 5.74) is 6.01. The second-order valence-corrected chi connectivity index (χ2v) is 2.99. The van der Waals surface area contributed by atoms with Gasteiger partial charge in [-0.25, -0.2) is 4.98 Å². The maximum absolute atomic E-state index is 5.78. The smallest absolute Gasteiger partial charge is 0.229 e. The van der Waals surface area contributed by atoms with Crippen LogP contribution in [0.1, 0.15) is 12.0 Å². The number of methoxy groups -OCH3 is 1. The predicted octanol–water partition coefficient (Wildman–Crippen LogP) is 1.44. The highest BCUT2D eigenvalue weighted by Gasteiger charge is 2.01. The lowest BCUT2D eigenvalue weighted by Crippen LogP contribution is -1.96. The van der Waals surface area contributed by atoms with Gasteiger partial charge in [-0.2, -0.15) is 0 Å². The van der Waals surface area contributed by atoms with Crippen LogP contribution in [0.25, 0.3) is 0 Å². The molecular weight excluding hydrogens is 200 g/mol. The van der Waals surface area contributed by atoms with Gasteiger partial charge >= 0.3 is 0 Å². The number of rotatable bonds is 2. The van der Waals surface area contributed by atoms with Gasteiger partial charge < -0.3 is 10.5 Å². The van der Waals surface area contributed by atoms with Crippen molar-refractivity contribution in [2.24, 2.45) is 5.73 Å². The number of nitrogens with two attached hydrogens (primary N) is 1. The molecule has 0 unspecified atom stereocenters. The van der Waals surface area contributed by atoms with Crippen molar-refractivity contribution >= 4 is 11.6 Å². The van der Waals surface area contributed by atoms with Gasteiger partial charge in [0.15, 0.2) is 0 Å². The van der Waals surface area contributed by atoms with Crippen LogP contribution in [-0.2, 0) is 0 Å². The number of aromatic nitrogens is 1. The quantitative estimate of drug-likeness (QED) is 0.752. The molecule has 1 rings (SSSR count). The van der Waals surface area contributed by atoms with E-state index in [0.717, 1.165) is 0 Å². The number of hydrogen-bond donors (Lipinski definition) is 1. The van der Waals surface area contributed by atoms with E-state index in [4.69, 9.17) is 22.1 Å². The number of nitrogens with zero attached hydrogens (tertiary/aromatic N) is 1. The third kappa shape index (κ3) is 2.91. The Labute approximate surface area is 88.2 Å². The second kappa shape index (κ2) is 5.48.